The second-order valence-corrected chi connectivity index (χ2v) is 12.4. The number of aliphatic hydroxyl groups is 1. The van der Waals surface area contributed by atoms with Gasteiger partial charge in [-0.25, -0.2) is 0 Å². The number of amides is 3. The van der Waals surface area contributed by atoms with Crippen molar-refractivity contribution in [1.29, 1.82) is 0 Å². The Morgan fingerprint density at radius 2 is 1.84 bits per heavy atom. The molecule has 1 aromatic carbocycles. The van der Waals surface area contributed by atoms with Gasteiger partial charge in [0.05, 0.1) is 29.8 Å². The van der Waals surface area contributed by atoms with E-state index in [9.17, 15) is 19.5 Å². The lowest BCUT2D eigenvalue weighted by Crippen LogP contribution is -2.54. The van der Waals surface area contributed by atoms with E-state index in [-0.39, 0.29) is 29.6 Å². The van der Waals surface area contributed by atoms with Gasteiger partial charge in [0.2, 0.25) is 17.7 Å². The van der Waals surface area contributed by atoms with Crippen LogP contribution in [0.3, 0.4) is 0 Å². The number of morpholine rings is 1. The van der Waals surface area contributed by atoms with Crippen molar-refractivity contribution < 1.29 is 24.2 Å². The Morgan fingerprint density at radius 1 is 1.05 bits per heavy atom. The van der Waals surface area contributed by atoms with Crippen LogP contribution in [-0.4, -0.2) is 101 Å². The van der Waals surface area contributed by atoms with E-state index in [1.807, 2.05) is 30.3 Å². The summed E-state index contributed by atoms with van der Waals surface area (Å²) in [6.45, 7) is 5.44. The molecule has 0 aromatic heterocycles. The third-order valence-electron chi connectivity index (χ3n) is 8.55. The average molecular weight is 545 g/mol. The van der Waals surface area contributed by atoms with E-state index in [1.54, 1.807) is 16.7 Å². The van der Waals surface area contributed by atoms with Crippen LogP contribution in [-0.2, 0) is 25.7 Å². The molecule has 3 amide bonds. The molecule has 1 aromatic rings. The van der Waals surface area contributed by atoms with Crippen LogP contribution >= 0.6 is 11.8 Å². The van der Waals surface area contributed by atoms with Crippen molar-refractivity contribution in [2.45, 2.75) is 54.7 Å². The number of hydrogen-bond donors (Lipinski definition) is 3. The van der Waals surface area contributed by atoms with Crippen LogP contribution in [0.25, 0.3) is 0 Å². The minimum Gasteiger partial charge on any atom is -0.396 e. The quantitative estimate of drug-likeness (QED) is 0.337. The second-order valence-electron chi connectivity index (χ2n) is 10.8. The van der Waals surface area contributed by atoms with Gasteiger partial charge in [0.1, 0.15) is 6.04 Å². The Morgan fingerprint density at radius 3 is 2.61 bits per heavy atom. The fraction of sp³-hybridized carbons (Fsp3) is 0.679. The van der Waals surface area contributed by atoms with Gasteiger partial charge in [-0.05, 0) is 37.7 Å². The second kappa shape index (κ2) is 12.4. The number of thioether (sulfide) groups is 1. The van der Waals surface area contributed by atoms with Gasteiger partial charge < -0.3 is 25.4 Å². The number of hydrogen-bond acceptors (Lipinski definition) is 7. The summed E-state index contributed by atoms with van der Waals surface area (Å²) >= 11 is 1.71. The third-order valence-corrected chi connectivity index (χ3v) is 10.5. The molecular weight excluding hydrogens is 504 g/mol. The highest BCUT2D eigenvalue weighted by Gasteiger charge is 2.73. The average Bonchev–Trinajstić information content (AvgIpc) is 3.58. The number of carbonyl (C=O) groups is 3. The molecule has 4 aliphatic heterocycles. The number of ether oxygens (including phenoxy) is 1. The summed E-state index contributed by atoms with van der Waals surface area (Å²) in [5.74, 6) is -1.14. The lowest BCUT2D eigenvalue weighted by atomic mass is 9.70. The predicted octanol–water partition coefficient (Wildman–Crippen LogP) is 1.01. The van der Waals surface area contributed by atoms with Crippen LogP contribution in [0.2, 0.25) is 0 Å². The molecule has 4 heterocycles. The maximum atomic E-state index is 13.9. The molecule has 5 atom stereocenters. The summed E-state index contributed by atoms with van der Waals surface area (Å²) < 4.78 is 4.86. The van der Waals surface area contributed by atoms with E-state index in [2.05, 4.69) is 15.5 Å². The molecule has 5 rings (SSSR count). The predicted molar refractivity (Wildman–Crippen MR) is 145 cm³/mol. The number of nitrogens with zero attached hydrogens (tertiary/aromatic N) is 2. The highest BCUT2D eigenvalue weighted by Crippen LogP contribution is 2.66. The summed E-state index contributed by atoms with van der Waals surface area (Å²) in [6.07, 6.45) is 3.81. The Kier molecular flexibility index (Phi) is 8.92. The van der Waals surface area contributed by atoms with Gasteiger partial charge in [-0.1, -0.05) is 30.3 Å². The third kappa shape index (κ3) is 5.46. The summed E-state index contributed by atoms with van der Waals surface area (Å²) in [5.41, 5.74) is 1.02. The van der Waals surface area contributed by atoms with Gasteiger partial charge >= 0.3 is 0 Å². The standard InChI is InChI=1S/C28H40N4O5S/c33-16-6-2-5-12-32-24(26(35)29-11-13-31-14-17-37-18-15-31)28-10-9-21(38-28)22(23(28)27(32)36)25(34)30-19-20-7-3-1-4-8-20/h1,3-4,7-8,21-24,33H,2,5-6,9-19H2,(H,29,35)(H,30,34)/t21-,22+,23-,24?,28?/m0/s1. The number of aliphatic hydroxyl groups excluding tert-OH is 1. The fourth-order valence-corrected chi connectivity index (χ4v) is 8.95. The van der Waals surface area contributed by atoms with E-state index in [0.29, 0.717) is 39.3 Å². The van der Waals surface area contributed by atoms with Crippen LogP contribution in [0.1, 0.15) is 37.7 Å². The van der Waals surface area contributed by atoms with Crippen molar-refractivity contribution in [2.75, 3.05) is 52.5 Å². The molecule has 2 unspecified atom stereocenters. The molecule has 0 aliphatic carbocycles. The van der Waals surface area contributed by atoms with Gasteiger partial charge in [0, 0.05) is 51.1 Å². The SMILES string of the molecule is O=C(NCCN1CCOCC1)C1N(CCCCCO)C(=O)[C@@H]2[C@H](C(=O)NCc3ccccc3)[C@@H]3CCC12S3. The van der Waals surface area contributed by atoms with Crippen molar-refractivity contribution in [3.63, 3.8) is 0 Å². The number of benzene rings is 1. The molecule has 9 nitrogen and oxygen atoms in total. The Hall–Kier alpha value is -2.14. The van der Waals surface area contributed by atoms with E-state index >= 15 is 0 Å². The maximum absolute atomic E-state index is 13.9. The summed E-state index contributed by atoms with van der Waals surface area (Å²) in [4.78, 5) is 45.2. The Bertz CT molecular complexity index is 991. The van der Waals surface area contributed by atoms with Crippen molar-refractivity contribution in [3.05, 3.63) is 35.9 Å². The molecule has 2 bridgehead atoms. The van der Waals surface area contributed by atoms with Gasteiger partial charge in [0.25, 0.3) is 0 Å². The molecule has 3 N–H and O–H groups in total. The lowest BCUT2D eigenvalue weighted by molar-refractivity contribution is -0.140. The number of carbonyl (C=O) groups excluding carboxylic acids is 3. The van der Waals surface area contributed by atoms with Crippen molar-refractivity contribution in [1.82, 2.24) is 20.4 Å². The normalized spacial score (nSPS) is 30.4. The van der Waals surface area contributed by atoms with Crippen LogP contribution in [0.4, 0.5) is 0 Å². The summed E-state index contributed by atoms with van der Waals surface area (Å²) in [5, 5.41) is 15.5. The number of likely N-dealkylation sites (tertiary alicyclic amines) is 1. The Labute approximate surface area is 229 Å². The number of fused-ring (bicyclic) bond motifs is 1. The van der Waals surface area contributed by atoms with E-state index in [4.69, 9.17) is 4.74 Å². The minimum absolute atomic E-state index is 0.0555. The molecule has 1 spiro atoms. The van der Waals surface area contributed by atoms with Gasteiger partial charge in [-0.15, -0.1) is 11.8 Å². The topological polar surface area (TPSA) is 111 Å². The molecule has 4 saturated heterocycles. The first-order valence-corrected chi connectivity index (χ1v) is 14.9. The van der Waals surface area contributed by atoms with Crippen molar-refractivity contribution in [3.8, 4) is 0 Å². The first-order valence-electron chi connectivity index (χ1n) is 14.0. The van der Waals surface area contributed by atoms with Crippen molar-refractivity contribution in [2.24, 2.45) is 11.8 Å². The fourth-order valence-electron chi connectivity index (χ4n) is 6.73. The zero-order valence-corrected chi connectivity index (χ0v) is 22.8. The van der Waals surface area contributed by atoms with Gasteiger partial charge in [-0.3, -0.25) is 19.3 Å². The number of rotatable bonds is 12. The molecule has 208 valence electrons. The molecule has 0 radical (unpaired) electrons. The van der Waals surface area contributed by atoms with Gasteiger partial charge in [0.15, 0.2) is 0 Å². The van der Waals surface area contributed by atoms with Crippen molar-refractivity contribution >= 4 is 29.5 Å². The van der Waals surface area contributed by atoms with Crippen LogP contribution < -0.4 is 10.6 Å². The molecule has 0 saturated carbocycles. The highest BCUT2D eigenvalue weighted by atomic mass is 32.2. The molecule has 10 heteroatoms. The number of unbranched alkanes of at least 4 members (excludes halogenated alkanes) is 2. The zero-order chi connectivity index (χ0) is 26.5. The van der Waals surface area contributed by atoms with E-state index in [1.165, 1.54) is 0 Å². The molecular formula is C28H40N4O5S. The van der Waals surface area contributed by atoms with Gasteiger partial charge in [-0.2, -0.15) is 0 Å². The van der Waals surface area contributed by atoms with Crippen LogP contribution in [0.5, 0.6) is 0 Å². The molecule has 4 aliphatic rings. The smallest absolute Gasteiger partial charge is 0.244 e. The Balaban J connectivity index is 1.30. The maximum Gasteiger partial charge on any atom is 0.244 e. The summed E-state index contributed by atoms with van der Waals surface area (Å²) in [6, 6.07) is 9.22. The number of nitrogens with one attached hydrogen (secondary N) is 2. The first-order chi connectivity index (χ1) is 18.5. The van der Waals surface area contributed by atoms with E-state index in [0.717, 1.165) is 50.9 Å². The van der Waals surface area contributed by atoms with Crippen LogP contribution in [0.15, 0.2) is 30.3 Å². The molecule has 4 fully saturated rings. The van der Waals surface area contributed by atoms with Crippen LogP contribution in [0, 0.1) is 11.8 Å². The van der Waals surface area contributed by atoms with E-state index < -0.39 is 22.6 Å². The highest BCUT2D eigenvalue weighted by molar-refractivity contribution is 8.02. The molecule has 38 heavy (non-hydrogen) atoms. The minimum atomic E-state index is -0.569. The summed E-state index contributed by atoms with van der Waals surface area (Å²) in [7, 11) is 0. The zero-order valence-electron chi connectivity index (χ0n) is 22.0. The largest absolute Gasteiger partial charge is 0.396 e. The lowest BCUT2D eigenvalue weighted by Gasteiger charge is -2.34. The monoisotopic (exact) mass is 544 g/mol. The first kappa shape index (κ1) is 27.4.